The Morgan fingerprint density at radius 3 is 2.78 bits per heavy atom. The lowest BCUT2D eigenvalue weighted by Crippen LogP contribution is -2.33. The summed E-state index contributed by atoms with van der Waals surface area (Å²) >= 11 is 0. The Kier molecular flexibility index (Phi) is 3.20. The Morgan fingerprint density at radius 1 is 1.28 bits per heavy atom. The van der Waals surface area contributed by atoms with Gasteiger partial charge in [-0.2, -0.15) is 0 Å². The zero-order valence-electron chi connectivity index (χ0n) is 11.0. The monoisotopic (exact) mass is 247 g/mol. The highest BCUT2D eigenvalue weighted by Crippen LogP contribution is 2.35. The lowest BCUT2D eigenvalue weighted by Gasteiger charge is -2.28. The number of nitrogens with zero attached hydrogens (tertiary/aromatic N) is 3. The molecule has 1 aliphatic carbocycles. The molecule has 2 heterocycles. The normalized spacial score (nSPS) is 24.3. The number of anilines is 1. The van der Waals surface area contributed by atoms with Crippen molar-refractivity contribution in [2.75, 3.05) is 18.1 Å². The van der Waals surface area contributed by atoms with Gasteiger partial charge in [0.25, 0.3) is 0 Å². The Morgan fingerprint density at radius 2 is 2.11 bits per heavy atom. The number of rotatable bonds is 3. The highest BCUT2D eigenvalue weighted by Gasteiger charge is 2.27. The summed E-state index contributed by atoms with van der Waals surface area (Å²) in [5.74, 6) is 2.60. The third kappa shape index (κ3) is 2.09. The third-order valence-electron chi connectivity index (χ3n) is 4.21. The van der Waals surface area contributed by atoms with Crippen LogP contribution in [0.4, 0.5) is 5.82 Å². The van der Waals surface area contributed by atoms with E-state index in [2.05, 4.69) is 16.0 Å². The maximum Gasteiger partial charge on any atom is 0.134 e. The van der Waals surface area contributed by atoms with Crippen molar-refractivity contribution in [3.8, 4) is 0 Å². The number of aryl methyl sites for hydroxylation is 1. The quantitative estimate of drug-likeness (QED) is 0.887. The number of aromatic nitrogens is 2. The summed E-state index contributed by atoms with van der Waals surface area (Å²) in [6.07, 6.45) is 5.98. The molecule has 0 spiro atoms. The van der Waals surface area contributed by atoms with E-state index < -0.39 is 0 Å². The molecule has 0 radical (unpaired) electrons. The van der Waals surface area contributed by atoms with Crippen molar-refractivity contribution >= 4 is 5.82 Å². The van der Waals surface area contributed by atoms with Crippen LogP contribution in [0.15, 0.2) is 6.07 Å². The molecule has 98 valence electrons. The van der Waals surface area contributed by atoms with Crippen LogP contribution in [0.25, 0.3) is 0 Å². The Bertz CT molecular complexity index is 431. The first-order valence-electron chi connectivity index (χ1n) is 7.01. The van der Waals surface area contributed by atoms with E-state index in [1.165, 1.54) is 19.3 Å². The molecule has 2 aliphatic rings. The third-order valence-corrected chi connectivity index (χ3v) is 4.21. The maximum absolute atomic E-state index is 9.42. The van der Waals surface area contributed by atoms with E-state index in [9.17, 15) is 5.11 Å². The molecule has 1 aromatic rings. The molecule has 1 saturated carbocycles. The fraction of sp³-hybridized carbons (Fsp3) is 0.714. The van der Waals surface area contributed by atoms with E-state index in [4.69, 9.17) is 4.98 Å². The standard InChI is InChI=1S/C14H21N3O/c1-10-8-13(17-7-3-6-12(17)9-18)16-14(15-10)11-4-2-5-11/h8,11-12,18H,2-7,9H2,1H3. The summed E-state index contributed by atoms with van der Waals surface area (Å²) in [6.45, 7) is 3.27. The van der Waals surface area contributed by atoms with Gasteiger partial charge in [0.2, 0.25) is 0 Å². The molecule has 0 amide bonds. The first-order chi connectivity index (χ1) is 8.78. The van der Waals surface area contributed by atoms with Gasteiger partial charge in [-0.15, -0.1) is 0 Å². The van der Waals surface area contributed by atoms with Crippen LogP contribution in [0.5, 0.6) is 0 Å². The van der Waals surface area contributed by atoms with E-state index in [0.29, 0.717) is 5.92 Å². The molecule has 4 heteroatoms. The summed E-state index contributed by atoms with van der Waals surface area (Å²) in [7, 11) is 0. The van der Waals surface area contributed by atoms with Crippen molar-refractivity contribution in [2.45, 2.75) is 51.0 Å². The van der Waals surface area contributed by atoms with Crippen LogP contribution in [0.1, 0.15) is 49.5 Å². The number of aliphatic hydroxyl groups excluding tert-OH is 1. The van der Waals surface area contributed by atoms with E-state index in [0.717, 1.165) is 36.7 Å². The largest absolute Gasteiger partial charge is 0.394 e. The van der Waals surface area contributed by atoms with Gasteiger partial charge in [0.05, 0.1) is 12.6 Å². The topological polar surface area (TPSA) is 49.2 Å². The van der Waals surface area contributed by atoms with Gasteiger partial charge >= 0.3 is 0 Å². The molecule has 0 bridgehead atoms. The molecular weight excluding hydrogens is 226 g/mol. The van der Waals surface area contributed by atoms with Crippen molar-refractivity contribution in [3.05, 3.63) is 17.6 Å². The summed E-state index contributed by atoms with van der Waals surface area (Å²) in [5.41, 5.74) is 1.05. The molecule has 0 aromatic carbocycles. The minimum Gasteiger partial charge on any atom is -0.394 e. The molecule has 1 atom stereocenters. The molecule has 3 rings (SSSR count). The zero-order valence-corrected chi connectivity index (χ0v) is 11.0. The van der Waals surface area contributed by atoms with E-state index in [1.54, 1.807) is 0 Å². The Labute approximate surface area is 108 Å². The summed E-state index contributed by atoms with van der Waals surface area (Å²) in [5, 5.41) is 9.42. The smallest absolute Gasteiger partial charge is 0.134 e. The average molecular weight is 247 g/mol. The van der Waals surface area contributed by atoms with Gasteiger partial charge in [0.15, 0.2) is 0 Å². The van der Waals surface area contributed by atoms with Crippen LogP contribution in [0, 0.1) is 6.92 Å². The van der Waals surface area contributed by atoms with Gasteiger partial charge in [-0.3, -0.25) is 0 Å². The second-order valence-electron chi connectivity index (χ2n) is 5.53. The predicted molar refractivity (Wildman–Crippen MR) is 70.8 cm³/mol. The molecule has 2 fully saturated rings. The number of hydrogen-bond acceptors (Lipinski definition) is 4. The van der Waals surface area contributed by atoms with Gasteiger partial charge in [-0.1, -0.05) is 6.42 Å². The van der Waals surface area contributed by atoms with Crippen LogP contribution >= 0.6 is 0 Å². The average Bonchev–Trinajstić information content (AvgIpc) is 2.73. The van der Waals surface area contributed by atoms with Crippen molar-refractivity contribution in [1.82, 2.24) is 9.97 Å². The van der Waals surface area contributed by atoms with E-state index in [1.807, 2.05) is 6.92 Å². The van der Waals surface area contributed by atoms with Crippen LogP contribution in [0.3, 0.4) is 0 Å². The SMILES string of the molecule is Cc1cc(N2CCCC2CO)nc(C2CCC2)n1. The van der Waals surface area contributed by atoms with Crippen molar-refractivity contribution in [3.63, 3.8) is 0 Å². The van der Waals surface area contributed by atoms with Crippen LogP contribution in [-0.2, 0) is 0 Å². The van der Waals surface area contributed by atoms with E-state index >= 15 is 0 Å². The molecule has 1 aliphatic heterocycles. The zero-order chi connectivity index (χ0) is 12.5. The minimum absolute atomic E-state index is 0.224. The minimum atomic E-state index is 0.224. The highest BCUT2D eigenvalue weighted by molar-refractivity contribution is 5.42. The predicted octanol–water partition coefficient (Wildman–Crippen LogP) is 2.01. The molecule has 1 saturated heterocycles. The molecular formula is C14H21N3O. The first-order valence-corrected chi connectivity index (χ1v) is 7.01. The van der Waals surface area contributed by atoms with Crippen LogP contribution in [-0.4, -0.2) is 34.3 Å². The molecule has 1 unspecified atom stereocenters. The fourth-order valence-electron chi connectivity index (χ4n) is 2.90. The Balaban J connectivity index is 1.88. The van der Waals surface area contributed by atoms with Crippen molar-refractivity contribution in [1.29, 1.82) is 0 Å². The lowest BCUT2D eigenvalue weighted by atomic mass is 9.85. The molecule has 4 nitrogen and oxygen atoms in total. The molecule has 1 N–H and O–H groups in total. The summed E-state index contributed by atoms with van der Waals surface area (Å²) in [4.78, 5) is 11.6. The van der Waals surface area contributed by atoms with E-state index in [-0.39, 0.29) is 12.6 Å². The van der Waals surface area contributed by atoms with Crippen molar-refractivity contribution < 1.29 is 5.11 Å². The highest BCUT2D eigenvalue weighted by atomic mass is 16.3. The van der Waals surface area contributed by atoms with Gasteiger partial charge in [0.1, 0.15) is 11.6 Å². The van der Waals surface area contributed by atoms with Crippen molar-refractivity contribution in [2.24, 2.45) is 0 Å². The van der Waals surface area contributed by atoms with Gasteiger partial charge < -0.3 is 10.0 Å². The number of hydrogen-bond donors (Lipinski definition) is 1. The molecule has 1 aromatic heterocycles. The van der Waals surface area contributed by atoms with Crippen LogP contribution in [0.2, 0.25) is 0 Å². The second-order valence-corrected chi connectivity index (χ2v) is 5.53. The summed E-state index contributed by atoms with van der Waals surface area (Å²) < 4.78 is 0. The van der Waals surface area contributed by atoms with Crippen LogP contribution < -0.4 is 4.90 Å². The summed E-state index contributed by atoms with van der Waals surface area (Å²) in [6, 6.07) is 2.30. The Hall–Kier alpha value is -1.16. The van der Waals surface area contributed by atoms with Gasteiger partial charge in [-0.25, -0.2) is 9.97 Å². The molecule has 18 heavy (non-hydrogen) atoms. The maximum atomic E-state index is 9.42. The fourth-order valence-corrected chi connectivity index (χ4v) is 2.90. The van der Waals surface area contributed by atoms with Gasteiger partial charge in [-0.05, 0) is 32.6 Å². The van der Waals surface area contributed by atoms with Gasteiger partial charge in [0, 0.05) is 24.2 Å². The second kappa shape index (κ2) is 4.84. The number of aliphatic hydroxyl groups is 1. The lowest BCUT2D eigenvalue weighted by molar-refractivity contribution is 0.266. The first kappa shape index (κ1) is 11.9.